The molecule has 3 saturated carbocycles. The van der Waals surface area contributed by atoms with Crippen LogP contribution in [0.15, 0.2) is 0 Å². The molecular weight excluding hydrogens is 254 g/mol. The van der Waals surface area contributed by atoms with Crippen LogP contribution in [0.1, 0.15) is 60.3 Å². The van der Waals surface area contributed by atoms with Crippen LogP contribution in [0.3, 0.4) is 0 Å². The van der Waals surface area contributed by atoms with Crippen molar-refractivity contribution in [3.8, 4) is 0 Å². The number of hydrogen-bond acceptors (Lipinski definition) is 3. The number of carbonyl (C=O) groups is 2. The van der Waals surface area contributed by atoms with E-state index >= 15 is 0 Å². The molecule has 4 rings (SSSR count). The molecule has 0 aromatic carbocycles. The zero-order valence-electron chi connectivity index (χ0n) is 13.2. The lowest BCUT2D eigenvalue weighted by atomic mass is 9.41. The SMILES string of the molecule is CC(C)(C)OC(=O)N1C(=O)C[C@@]12CC[C@H]1CC2C1(C)C. The molecule has 1 unspecified atom stereocenters. The molecule has 4 fully saturated rings. The summed E-state index contributed by atoms with van der Waals surface area (Å²) >= 11 is 0. The average molecular weight is 279 g/mol. The van der Waals surface area contributed by atoms with Gasteiger partial charge in [0.2, 0.25) is 5.91 Å². The first-order valence-corrected chi connectivity index (χ1v) is 7.64. The van der Waals surface area contributed by atoms with Gasteiger partial charge in [-0.25, -0.2) is 9.69 Å². The van der Waals surface area contributed by atoms with Gasteiger partial charge in [0.1, 0.15) is 5.60 Å². The van der Waals surface area contributed by atoms with E-state index in [9.17, 15) is 9.59 Å². The van der Waals surface area contributed by atoms with Crippen molar-refractivity contribution in [2.75, 3.05) is 0 Å². The van der Waals surface area contributed by atoms with Gasteiger partial charge in [0.05, 0.1) is 12.0 Å². The second-order valence-corrected chi connectivity index (χ2v) is 8.34. The molecule has 20 heavy (non-hydrogen) atoms. The molecule has 0 N–H and O–H groups in total. The third-order valence-corrected chi connectivity index (χ3v) is 5.77. The van der Waals surface area contributed by atoms with Crippen LogP contribution in [-0.2, 0) is 9.53 Å². The highest BCUT2D eigenvalue weighted by Crippen LogP contribution is 2.67. The fraction of sp³-hybridized carbons (Fsp3) is 0.875. The van der Waals surface area contributed by atoms with Gasteiger partial charge in [-0.1, -0.05) is 13.8 Å². The van der Waals surface area contributed by atoms with Crippen molar-refractivity contribution in [3.05, 3.63) is 0 Å². The number of carbonyl (C=O) groups excluding carboxylic acids is 2. The predicted octanol–water partition coefficient (Wildman–Crippen LogP) is 3.35. The summed E-state index contributed by atoms with van der Waals surface area (Å²) < 4.78 is 5.44. The van der Waals surface area contributed by atoms with E-state index < -0.39 is 11.7 Å². The van der Waals surface area contributed by atoms with Gasteiger partial charge in [-0.2, -0.15) is 0 Å². The molecule has 2 amide bonds. The fourth-order valence-corrected chi connectivity index (χ4v) is 4.66. The van der Waals surface area contributed by atoms with E-state index in [1.165, 1.54) is 4.90 Å². The molecule has 0 aromatic rings. The highest BCUT2D eigenvalue weighted by molar-refractivity contribution is 5.99. The molecule has 1 heterocycles. The Morgan fingerprint density at radius 1 is 1.35 bits per heavy atom. The number of fused-ring (bicyclic) bond motifs is 1. The van der Waals surface area contributed by atoms with Crippen molar-refractivity contribution in [1.82, 2.24) is 4.90 Å². The molecule has 3 aliphatic carbocycles. The van der Waals surface area contributed by atoms with Gasteiger partial charge in [-0.05, 0) is 57.3 Å². The summed E-state index contributed by atoms with van der Waals surface area (Å²) in [6.07, 6.45) is 3.30. The summed E-state index contributed by atoms with van der Waals surface area (Å²) in [5, 5.41) is 0. The number of imide groups is 1. The molecule has 4 nitrogen and oxygen atoms in total. The summed E-state index contributed by atoms with van der Waals surface area (Å²) in [5.74, 6) is 1.13. The van der Waals surface area contributed by atoms with Crippen molar-refractivity contribution >= 4 is 12.0 Å². The predicted molar refractivity (Wildman–Crippen MR) is 75.0 cm³/mol. The zero-order chi connectivity index (χ0) is 14.9. The van der Waals surface area contributed by atoms with Crippen molar-refractivity contribution in [2.45, 2.75) is 71.4 Å². The zero-order valence-corrected chi connectivity index (χ0v) is 13.2. The summed E-state index contributed by atoms with van der Waals surface area (Å²) in [4.78, 5) is 25.9. The van der Waals surface area contributed by atoms with Crippen LogP contribution in [0.5, 0.6) is 0 Å². The summed E-state index contributed by atoms with van der Waals surface area (Å²) in [7, 11) is 0. The summed E-state index contributed by atoms with van der Waals surface area (Å²) in [5.41, 5.74) is -0.558. The lowest BCUT2D eigenvalue weighted by Crippen LogP contribution is -2.76. The maximum atomic E-state index is 12.4. The molecule has 0 radical (unpaired) electrons. The lowest BCUT2D eigenvalue weighted by Gasteiger charge is -2.70. The number of likely N-dealkylation sites (tertiary alicyclic amines) is 1. The quantitative estimate of drug-likeness (QED) is 0.639. The number of β-lactam (4-membered cyclic amide) rings is 1. The van der Waals surface area contributed by atoms with E-state index in [0.29, 0.717) is 12.3 Å². The minimum atomic E-state index is -0.555. The maximum Gasteiger partial charge on any atom is 0.417 e. The molecule has 1 spiro atoms. The minimum absolute atomic E-state index is 0.0691. The Hall–Kier alpha value is -1.06. The monoisotopic (exact) mass is 279 g/mol. The van der Waals surface area contributed by atoms with Crippen LogP contribution < -0.4 is 0 Å². The molecule has 1 saturated heterocycles. The Morgan fingerprint density at radius 3 is 2.45 bits per heavy atom. The number of hydrogen-bond donors (Lipinski definition) is 0. The molecule has 4 heteroatoms. The largest absolute Gasteiger partial charge is 0.443 e. The van der Waals surface area contributed by atoms with Gasteiger partial charge in [-0.3, -0.25) is 4.79 Å². The summed E-state index contributed by atoms with van der Waals surface area (Å²) in [6.45, 7) is 10.1. The van der Waals surface area contributed by atoms with Gasteiger partial charge in [0.25, 0.3) is 0 Å². The Morgan fingerprint density at radius 2 is 2.00 bits per heavy atom. The van der Waals surface area contributed by atoms with Crippen LogP contribution in [0.25, 0.3) is 0 Å². The van der Waals surface area contributed by atoms with Crippen molar-refractivity contribution in [3.63, 3.8) is 0 Å². The van der Waals surface area contributed by atoms with E-state index in [2.05, 4.69) is 13.8 Å². The van der Waals surface area contributed by atoms with E-state index in [1.54, 1.807) is 0 Å². The third kappa shape index (κ3) is 1.66. The maximum absolute atomic E-state index is 12.4. The number of amides is 2. The van der Waals surface area contributed by atoms with Gasteiger partial charge < -0.3 is 4.74 Å². The molecule has 2 bridgehead atoms. The Balaban J connectivity index is 1.84. The van der Waals surface area contributed by atoms with Gasteiger partial charge in [-0.15, -0.1) is 0 Å². The van der Waals surface area contributed by atoms with Crippen molar-refractivity contribution in [2.24, 2.45) is 17.3 Å². The Labute approximate surface area is 120 Å². The second-order valence-electron chi connectivity index (χ2n) is 8.34. The van der Waals surface area contributed by atoms with E-state index in [0.717, 1.165) is 25.2 Å². The highest BCUT2D eigenvalue weighted by atomic mass is 16.6. The fourth-order valence-electron chi connectivity index (χ4n) is 4.66. The van der Waals surface area contributed by atoms with Gasteiger partial charge in [0, 0.05) is 0 Å². The van der Waals surface area contributed by atoms with Crippen LogP contribution in [0, 0.1) is 17.3 Å². The molecule has 4 aliphatic rings. The smallest absolute Gasteiger partial charge is 0.417 e. The first-order chi connectivity index (χ1) is 9.08. The highest BCUT2D eigenvalue weighted by Gasteiger charge is 2.70. The van der Waals surface area contributed by atoms with Crippen LogP contribution >= 0.6 is 0 Å². The van der Waals surface area contributed by atoms with Gasteiger partial charge >= 0.3 is 6.09 Å². The third-order valence-electron chi connectivity index (χ3n) is 5.77. The minimum Gasteiger partial charge on any atom is -0.443 e. The number of nitrogens with zero attached hydrogens (tertiary/aromatic N) is 1. The average Bonchev–Trinajstić information content (AvgIpc) is 2.25. The first-order valence-electron chi connectivity index (χ1n) is 7.64. The first kappa shape index (κ1) is 13.9. The van der Waals surface area contributed by atoms with Crippen LogP contribution in [0.2, 0.25) is 0 Å². The number of ether oxygens (including phenoxy) is 1. The molecule has 112 valence electrons. The van der Waals surface area contributed by atoms with Crippen LogP contribution in [0.4, 0.5) is 4.79 Å². The van der Waals surface area contributed by atoms with Crippen LogP contribution in [-0.4, -0.2) is 28.0 Å². The molecule has 3 atom stereocenters. The normalized spacial score (nSPS) is 38.2. The van der Waals surface area contributed by atoms with E-state index in [-0.39, 0.29) is 16.9 Å². The number of rotatable bonds is 0. The second kappa shape index (κ2) is 3.77. The van der Waals surface area contributed by atoms with Crippen molar-refractivity contribution in [1.29, 1.82) is 0 Å². The van der Waals surface area contributed by atoms with E-state index in [1.807, 2.05) is 20.8 Å². The Kier molecular flexibility index (Phi) is 2.62. The topological polar surface area (TPSA) is 46.6 Å². The molecular formula is C16H25NO3. The standard InChI is InChI=1S/C16H25NO3/c1-14(2,3)20-13(19)17-12(18)9-16(17)7-6-10-8-11(16)15(10,4)5/h10-11H,6-9H2,1-5H3/t10-,11?,16+/m0/s1. The summed E-state index contributed by atoms with van der Waals surface area (Å²) in [6, 6.07) is 0. The lowest BCUT2D eigenvalue weighted by molar-refractivity contribution is -0.208. The Bertz CT molecular complexity index is 475. The molecule has 1 aliphatic heterocycles. The van der Waals surface area contributed by atoms with Gasteiger partial charge in [0.15, 0.2) is 0 Å². The van der Waals surface area contributed by atoms with E-state index in [4.69, 9.17) is 4.74 Å². The molecule has 0 aromatic heterocycles. The van der Waals surface area contributed by atoms with Crippen molar-refractivity contribution < 1.29 is 14.3 Å².